The first-order valence-electron chi connectivity index (χ1n) is 5.52. The Balaban J connectivity index is 2.95. The first-order valence-corrected chi connectivity index (χ1v) is 5.52. The Kier molecular flexibility index (Phi) is 4.09. The molecule has 0 aromatic heterocycles. The van der Waals surface area contributed by atoms with E-state index in [9.17, 15) is 36.2 Å². The molecule has 0 radical (unpaired) electrons. The quantitative estimate of drug-likeness (QED) is 0.752. The molecule has 0 atom stereocenters. The summed E-state index contributed by atoms with van der Waals surface area (Å²) in [7, 11) is 0. The van der Waals surface area contributed by atoms with Crippen LogP contribution in [0, 0.1) is 5.92 Å². The second-order valence-corrected chi connectivity index (χ2v) is 4.54. The van der Waals surface area contributed by atoms with Crippen molar-refractivity contribution in [2.45, 2.75) is 37.7 Å². The topological polar surface area (TPSA) is 40.5 Å². The number of carbonyl (C=O) groups excluding carboxylic acids is 1. The second kappa shape index (κ2) is 4.84. The highest BCUT2D eigenvalue weighted by molar-refractivity contribution is 5.73. The Labute approximate surface area is 105 Å². The van der Waals surface area contributed by atoms with E-state index in [1.807, 2.05) is 0 Å². The molecule has 1 fully saturated rings. The summed E-state index contributed by atoms with van der Waals surface area (Å²) in [5, 5.41) is 9.18. The SMILES string of the molecule is CC(=O)N1CCC(C(O)(C(F)(F)F)C(F)(F)F)CC1. The highest BCUT2D eigenvalue weighted by Gasteiger charge is 2.73. The lowest BCUT2D eigenvalue weighted by molar-refractivity contribution is -0.387. The maximum atomic E-state index is 12.6. The number of nitrogens with zero attached hydrogens (tertiary/aromatic N) is 1. The third-order valence-electron chi connectivity index (χ3n) is 3.40. The number of halogens is 6. The minimum absolute atomic E-state index is 0.228. The maximum absolute atomic E-state index is 12.6. The number of amides is 1. The molecule has 1 aliphatic heterocycles. The smallest absolute Gasteiger partial charge is 0.373 e. The summed E-state index contributed by atoms with van der Waals surface area (Å²) < 4.78 is 75.5. The molecule has 9 heteroatoms. The van der Waals surface area contributed by atoms with Gasteiger partial charge in [0.05, 0.1) is 0 Å². The molecule has 112 valence electrons. The zero-order valence-corrected chi connectivity index (χ0v) is 9.98. The number of alkyl halides is 6. The number of carbonyl (C=O) groups is 1. The van der Waals surface area contributed by atoms with Crippen LogP contribution in [0.5, 0.6) is 0 Å². The van der Waals surface area contributed by atoms with Crippen molar-refractivity contribution >= 4 is 5.91 Å². The van der Waals surface area contributed by atoms with Crippen LogP contribution in [0.15, 0.2) is 0 Å². The Morgan fingerprint density at radius 1 is 1.05 bits per heavy atom. The fourth-order valence-electron chi connectivity index (χ4n) is 2.24. The highest BCUT2D eigenvalue weighted by Crippen LogP contribution is 2.50. The largest absolute Gasteiger partial charge is 0.426 e. The molecule has 0 aliphatic carbocycles. The van der Waals surface area contributed by atoms with Gasteiger partial charge in [0.1, 0.15) is 0 Å². The van der Waals surface area contributed by atoms with Gasteiger partial charge in [-0.25, -0.2) is 0 Å². The van der Waals surface area contributed by atoms with Gasteiger partial charge < -0.3 is 10.0 Å². The summed E-state index contributed by atoms with van der Waals surface area (Å²) in [5.41, 5.74) is -4.72. The van der Waals surface area contributed by atoms with Gasteiger partial charge in [-0.15, -0.1) is 0 Å². The Morgan fingerprint density at radius 2 is 1.42 bits per heavy atom. The van der Waals surface area contributed by atoms with E-state index in [1.165, 1.54) is 6.92 Å². The molecule has 3 nitrogen and oxygen atoms in total. The summed E-state index contributed by atoms with van der Waals surface area (Å²) in [4.78, 5) is 12.1. The molecule has 0 unspecified atom stereocenters. The van der Waals surface area contributed by atoms with Crippen LogP contribution in [-0.4, -0.2) is 47.0 Å². The summed E-state index contributed by atoms with van der Waals surface area (Å²) in [5.74, 6) is -2.41. The van der Waals surface area contributed by atoms with Gasteiger partial charge in [0.25, 0.3) is 5.60 Å². The van der Waals surface area contributed by atoms with Gasteiger partial charge in [-0.05, 0) is 12.8 Å². The van der Waals surface area contributed by atoms with E-state index in [1.54, 1.807) is 0 Å². The van der Waals surface area contributed by atoms with Crippen molar-refractivity contribution in [3.05, 3.63) is 0 Å². The molecular formula is C10H13F6NO2. The van der Waals surface area contributed by atoms with Crippen molar-refractivity contribution in [3.63, 3.8) is 0 Å². The molecule has 1 saturated heterocycles. The van der Waals surface area contributed by atoms with E-state index in [2.05, 4.69) is 0 Å². The molecule has 1 aliphatic rings. The summed E-state index contributed by atoms with van der Waals surface area (Å²) in [6, 6.07) is 0. The number of likely N-dealkylation sites (tertiary alicyclic amines) is 1. The van der Waals surface area contributed by atoms with Crippen LogP contribution in [0.4, 0.5) is 26.3 Å². The molecular weight excluding hydrogens is 280 g/mol. The van der Waals surface area contributed by atoms with Crippen molar-refractivity contribution in [2.75, 3.05) is 13.1 Å². The van der Waals surface area contributed by atoms with Crippen LogP contribution < -0.4 is 0 Å². The maximum Gasteiger partial charge on any atom is 0.426 e. The van der Waals surface area contributed by atoms with Crippen LogP contribution >= 0.6 is 0 Å². The van der Waals surface area contributed by atoms with Crippen LogP contribution in [0.3, 0.4) is 0 Å². The second-order valence-electron chi connectivity index (χ2n) is 4.54. The lowest BCUT2D eigenvalue weighted by atomic mass is 9.79. The fourth-order valence-corrected chi connectivity index (χ4v) is 2.24. The number of hydrogen-bond acceptors (Lipinski definition) is 2. The Bertz CT molecular complexity index is 329. The number of rotatable bonds is 1. The summed E-state index contributed by atoms with van der Waals surface area (Å²) in [6.45, 7) is 0.725. The van der Waals surface area contributed by atoms with Gasteiger partial charge >= 0.3 is 12.4 Å². The fraction of sp³-hybridized carbons (Fsp3) is 0.900. The standard InChI is InChI=1S/C10H13F6NO2/c1-6(18)17-4-2-7(3-5-17)8(19,9(11,12)13)10(14,15)16/h7,19H,2-5H2,1H3. The van der Waals surface area contributed by atoms with Crippen molar-refractivity contribution in [2.24, 2.45) is 5.92 Å². The third-order valence-corrected chi connectivity index (χ3v) is 3.40. The van der Waals surface area contributed by atoms with Crippen LogP contribution in [0.25, 0.3) is 0 Å². The van der Waals surface area contributed by atoms with E-state index in [0.29, 0.717) is 0 Å². The zero-order valence-electron chi connectivity index (χ0n) is 9.98. The molecule has 0 spiro atoms. The molecule has 0 saturated carbocycles. The first kappa shape index (κ1) is 16.1. The molecule has 0 aromatic rings. The lowest BCUT2D eigenvalue weighted by Crippen LogP contribution is -2.63. The average molecular weight is 293 g/mol. The van der Waals surface area contributed by atoms with E-state index < -0.39 is 42.6 Å². The normalized spacial score (nSPS) is 19.7. The van der Waals surface area contributed by atoms with Gasteiger partial charge in [0.2, 0.25) is 5.91 Å². The van der Waals surface area contributed by atoms with E-state index >= 15 is 0 Å². The number of aliphatic hydroxyl groups is 1. The van der Waals surface area contributed by atoms with Gasteiger partial charge in [0, 0.05) is 25.9 Å². The van der Waals surface area contributed by atoms with Crippen molar-refractivity contribution in [3.8, 4) is 0 Å². The summed E-state index contributed by atoms with van der Waals surface area (Å²) >= 11 is 0. The van der Waals surface area contributed by atoms with Gasteiger partial charge in [-0.1, -0.05) is 0 Å². The van der Waals surface area contributed by atoms with Gasteiger partial charge in [0.15, 0.2) is 0 Å². The summed E-state index contributed by atoms with van der Waals surface area (Å²) in [6.07, 6.45) is -12.7. The molecule has 1 rings (SSSR count). The first-order chi connectivity index (χ1) is 8.41. The monoisotopic (exact) mass is 293 g/mol. The average Bonchev–Trinajstić information content (AvgIpc) is 2.25. The van der Waals surface area contributed by atoms with Crippen molar-refractivity contribution in [1.82, 2.24) is 4.90 Å². The molecule has 1 heterocycles. The molecule has 1 N–H and O–H groups in total. The highest BCUT2D eigenvalue weighted by atomic mass is 19.4. The number of hydrogen-bond donors (Lipinski definition) is 1. The lowest BCUT2D eigenvalue weighted by Gasteiger charge is -2.42. The van der Waals surface area contributed by atoms with Crippen LogP contribution in [-0.2, 0) is 4.79 Å². The van der Waals surface area contributed by atoms with Gasteiger partial charge in [-0.2, -0.15) is 26.3 Å². The van der Waals surface area contributed by atoms with Crippen molar-refractivity contribution < 1.29 is 36.2 Å². The Hall–Kier alpha value is -0.990. The van der Waals surface area contributed by atoms with Crippen LogP contribution in [0.2, 0.25) is 0 Å². The molecule has 0 bridgehead atoms. The minimum Gasteiger partial charge on any atom is -0.373 e. The predicted molar refractivity (Wildman–Crippen MR) is 52.0 cm³/mol. The zero-order chi connectivity index (χ0) is 15.1. The molecule has 1 amide bonds. The molecule has 19 heavy (non-hydrogen) atoms. The third kappa shape index (κ3) is 2.80. The minimum atomic E-state index is -5.80. The Morgan fingerprint density at radius 3 is 1.68 bits per heavy atom. The van der Waals surface area contributed by atoms with E-state index in [-0.39, 0.29) is 13.1 Å². The van der Waals surface area contributed by atoms with Crippen LogP contribution in [0.1, 0.15) is 19.8 Å². The van der Waals surface area contributed by atoms with Crippen molar-refractivity contribution in [1.29, 1.82) is 0 Å². The molecule has 0 aromatic carbocycles. The van der Waals surface area contributed by atoms with Gasteiger partial charge in [-0.3, -0.25) is 4.79 Å². The predicted octanol–water partition coefficient (Wildman–Crippen LogP) is 2.10. The number of piperidine rings is 1. The van der Waals surface area contributed by atoms with E-state index in [4.69, 9.17) is 0 Å². The van der Waals surface area contributed by atoms with E-state index in [0.717, 1.165) is 4.90 Å².